The predicted octanol–water partition coefficient (Wildman–Crippen LogP) is 0.506. The Labute approximate surface area is 123 Å². The molecule has 1 saturated carbocycles. The molecule has 0 spiro atoms. The molecule has 1 aliphatic carbocycles. The minimum absolute atomic E-state index is 0.0933. The van der Waals surface area contributed by atoms with Crippen molar-refractivity contribution < 1.29 is 14.3 Å². The van der Waals surface area contributed by atoms with Gasteiger partial charge in [0.1, 0.15) is 6.10 Å². The molecule has 2 aliphatic rings. The summed E-state index contributed by atoms with van der Waals surface area (Å²) in [5.74, 6) is -0.286. The van der Waals surface area contributed by atoms with Gasteiger partial charge in [-0.2, -0.15) is 0 Å². The van der Waals surface area contributed by atoms with Gasteiger partial charge < -0.3 is 20.7 Å². The van der Waals surface area contributed by atoms with Gasteiger partial charge in [0, 0.05) is 30.4 Å². The Morgan fingerprint density at radius 1 is 1.29 bits per heavy atom. The van der Waals surface area contributed by atoms with E-state index in [2.05, 4.69) is 16.0 Å². The zero-order valence-corrected chi connectivity index (χ0v) is 11.7. The molecule has 2 fully saturated rings. The number of ether oxygens (including phenoxy) is 1. The topological polar surface area (TPSA) is 79.5 Å². The number of nitrogens with one attached hydrogen (secondary N) is 3. The number of benzene rings is 1. The summed E-state index contributed by atoms with van der Waals surface area (Å²) in [4.78, 5) is 24.0. The Kier molecular flexibility index (Phi) is 4.17. The summed E-state index contributed by atoms with van der Waals surface area (Å²) in [7, 11) is 0. The first kappa shape index (κ1) is 14.0. The minimum Gasteiger partial charge on any atom is -0.366 e. The van der Waals surface area contributed by atoms with E-state index in [1.165, 1.54) is 0 Å². The molecule has 1 heterocycles. The lowest BCUT2D eigenvalue weighted by atomic mass is 10.1. The maximum absolute atomic E-state index is 12.1. The molecule has 21 heavy (non-hydrogen) atoms. The predicted molar refractivity (Wildman–Crippen MR) is 78.2 cm³/mol. The van der Waals surface area contributed by atoms with Crippen LogP contribution < -0.4 is 16.0 Å². The zero-order valence-electron chi connectivity index (χ0n) is 11.7. The summed E-state index contributed by atoms with van der Waals surface area (Å²) in [6.07, 6.45) is 1.62. The Bertz CT molecular complexity index is 537. The fourth-order valence-electron chi connectivity index (χ4n) is 2.19. The average Bonchev–Trinajstić information content (AvgIpc) is 3.32. The molecule has 3 rings (SSSR count). The van der Waals surface area contributed by atoms with Gasteiger partial charge in [0.05, 0.1) is 6.61 Å². The highest BCUT2D eigenvalue weighted by Gasteiger charge is 2.24. The summed E-state index contributed by atoms with van der Waals surface area (Å²) in [5.41, 5.74) is 1.17. The lowest BCUT2D eigenvalue weighted by molar-refractivity contribution is -0.128. The van der Waals surface area contributed by atoms with E-state index in [4.69, 9.17) is 4.74 Å². The van der Waals surface area contributed by atoms with E-state index in [-0.39, 0.29) is 11.8 Å². The second kappa shape index (κ2) is 6.24. The Morgan fingerprint density at radius 2 is 2.14 bits per heavy atom. The monoisotopic (exact) mass is 289 g/mol. The Hall–Kier alpha value is -1.92. The van der Waals surface area contributed by atoms with Gasteiger partial charge in [-0.25, -0.2) is 0 Å². The van der Waals surface area contributed by atoms with Crippen LogP contribution in [0.2, 0.25) is 0 Å². The molecule has 3 N–H and O–H groups in total. The summed E-state index contributed by atoms with van der Waals surface area (Å²) >= 11 is 0. The summed E-state index contributed by atoms with van der Waals surface area (Å²) in [6, 6.07) is 7.27. The number of amides is 2. The highest BCUT2D eigenvalue weighted by molar-refractivity contribution is 5.98. The van der Waals surface area contributed by atoms with Crippen molar-refractivity contribution in [1.29, 1.82) is 0 Å². The average molecular weight is 289 g/mol. The lowest BCUT2D eigenvalue weighted by Gasteiger charge is -2.22. The normalized spacial score (nSPS) is 21.6. The molecule has 1 aliphatic heterocycles. The van der Waals surface area contributed by atoms with Crippen molar-refractivity contribution in [3.63, 3.8) is 0 Å². The van der Waals surface area contributed by atoms with Crippen LogP contribution in [0.5, 0.6) is 0 Å². The largest absolute Gasteiger partial charge is 0.366 e. The fourth-order valence-corrected chi connectivity index (χ4v) is 2.19. The van der Waals surface area contributed by atoms with Gasteiger partial charge in [0.2, 0.25) is 0 Å². The van der Waals surface area contributed by atoms with Gasteiger partial charge in [0.25, 0.3) is 11.8 Å². The van der Waals surface area contributed by atoms with E-state index in [0.29, 0.717) is 30.4 Å². The molecule has 1 aromatic rings. The maximum atomic E-state index is 12.1. The highest BCUT2D eigenvalue weighted by atomic mass is 16.5. The van der Waals surface area contributed by atoms with Gasteiger partial charge in [-0.05, 0) is 31.0 Å². The number of hydrogen-bond acceptors (Lipinski definition) is 4. The van der Waals surface area contributed by atoms with Crippen molar-refractivity contribution in [1.82, 2.24) is 10.6 Å². The third-order valence-corrected chi connectivity index (χ3v) is 3.52. The lowest BCUT2D eigenvalue weighted by Crippen LogP contribution is -2.45. The first-order valence-corrected chi connectivity index (χ1v) is 7.26. The molecule has 1 unspecified atom stereocenters. The van der Waals surface area contributed by atoms with E-state index in [0.717, 1.165) is 19.4 Å². The molecule has 1 saturated heterocycles. The molecule has 0 aromatic heterocycles. The smallest absolute Gasteiger partial charge is 0.254 e. The van der Waals surface area contributed by atoms with Crippen molar-refractivity contribution in [3.05, 3.63) is 29.8 Å². The van der Waals surface area contributed by atoms with Crippen LogP contribution in [0, 0.1) is 0 Å². The van der Waals surface area contributed by atoms with Crippen LogP contribution in [-0.2, 0) is 9.53 Å². The van der Waals surface area contributed by atoms with Gasteiger partial charge in [-0.3, -0.25) is 9.59 Å². The van der Waals surface area contributed by atoms with Crippen molar-refractivity contribution in [2.45, 2.75) is 25.0 Å². The summed E-state index contributed by atoms with van der Waals surface area (Å²) < 4.78 is 5.40. The van der Waals surface area contributed by atoms with Gasteiger partial charge in [0.15, 0.2) is 0 Å². The van der Waals surface area contributed by atoms with E-state index in [1.54, 1.807) is 24.3 Å². The molecule has 112 valence electrons. The SMILES string of the molecule is O=C(NC1CC1)c1cccc(NC(=O)C2CNCCO2)c1. The summed E-state index contributed by atoms with van der Waals surface area (Å²) in [6.45, 7) is 1.80. The number of rotatable bonds is 4. The molecule has 0 radical (unpaired) electrons. The molecule has 0 bridgehead atoms. The van der Waals surface area contributed by atoms with Crippen LogP contribution in [0.15, 0.2) is 24.3 Å². The Balaban J connectivity index is 1.61. The van der Waals surface area contributed by atoms with Crippen LogP contribution >= 0.6 is 0 Å². The number of anilines is 1. The molecule has 6 nitrogen and oxygen atoms in total. The minimum atomic E-state index is -0.484. The van der Waals surface area contributed by atoms with Crippen LogP contribution in [-0.4, -0.2) is 43.7 Å². The highest BCUT2D eigenvalue weighted by Crippen LogP contribution is 2.20. The molecule has 1 aromatic carbocycles. The van der Waals surface area contributed by atoms with Gasteiger partial charge in [-0.15, -0.1) is 0 Å². The van der Waals surface area contributed by atoms with E-state index in [1.807, 2.05) is 0 Å². The number of carbonyl (C=O) groups is 2. The van der Waals surface area contributed by atoms with Crippen LogP contribution in [0.3, 0.4) is 0 Å². The second-order valence-electron chi connectivity index (χ2n) is 5.38. The standard InChI is InChI=1S/C15H19N3O3/c19-14(17-11-4-5-11)10-2-1-3-12(8-10)18-15(20)13-9-16-6-7-21-13/h1-3,8,11,13,16H,4-7,9H2,(H,17,19)(H,18,20). The number of carbonyl (C=O) groups excluding carboxylic acids is 2. The first-order chi connectivity index (χ1) is 10.2. The quantitative estimate of drug-likeness (QED) is 0.754. The van der Waals surface area contributed by atoms with Crippen molar-refractivity contribution >= 4 is 17.5 Å². The van der Waals surface area contributed by atoms with Gasteiger partial charge in [-0.1, -0.05) is 6.07 Å². The Morgan fingerprint density at radius 3 is 2.86 bits per heavy atom. The van der Waals surface area contributed by atoms with Crippen molar-refractivity contribution in [2.75, 3.05) is 25.0 Å². The second-order valence-corrected chi connectivity index (χ2v) is 5.38. The van der Waals surface area contributed by atoms with Crippen LogP contribution in [0.25, 0.3) is 0 Å². The third kappa shape index (κ3) is 3.80. The third-order valence-electron chi connectivity index (χ3n) is 3.52. The molecular weight excluding hydrogens is 270 g/mol. The van der Waals surface area contributed by atoms with E-state index >= 15 is 0 Å². The van der Waals surface area contributed by atoms with Crippen molar-refractivity contribution in [3.8, 4) is 0 Å². The molecular formula is C15H19N3O3. The first-order valence-electron chi connectivity index (χ1n) is 7.26. The van der Waals surface area contributed by atoms with E-state index in [9.17, 15) is 9.59 Å². The molecule has 2 amide bonds. The number of hydrogen-bond donors (Lipinski definition) is 3. The fraction of sp³-hybridized carbons (Fsp3) is 0.467. The number of morpholine rings is 1. The van der Waals surface area contributed by atoms with Crippen molar-refractivity contribution in [2.24, 2.45) is 0 Å². The van der Waals surface area contributed by atoms with Gasteiger partial charge >= 0.3 is 0 Å². The molecule has 1 atom stereocenters. The molecule has 6 heteroatoms. The van der Waals surface area contributed by atoms with Crippen LogP contribution in [0.1, 0.15) is 23.2 Å². The van der Waals surface area contributed by atoms with E-state index < -0.39 is 6.10 Å². The summed E-state index contributed by atoms with van der Waals surface area (Å²) in [5, 5.41) is 8.83. The zero-order chi connectivity index (χ0) is 14.7. The maximum Gasteiger partial charge on any atom is 0.254 e. The van der Waals surface area contributed by atoms with Crippen LogP contribution in [0.4, 0.5) is 5.69 Å².